The molecule has 0 aliphatic carbocycles. The third kappa shape index (κ3) is 3.12. The zero-order chi connectivity index (χ0) is 17.9. The number of pyridine rings is 1. The maximum absolute atomic E-state index is 12.6. The van der Waals surface area contributed by atoms with Gasteiger partial charge < -0.3 is 4.42 Å². The summed E-state index contributed by atoms with van der Waals surface area (Å²) in [6.45, 7) is 1.97. The van der Waals surface area contributed by atoms with E-state index < -0.39 is 0 Å². The van der Waals surface area contributed by atoms with Crippen LogP contribution in [0.1, 0.15) is 16.1 Å². The first-order valence-electron chi connectivity index (χ1n) is 7.90. The van der Waals surface area contributed by atoms with Gasteiger partial charge in [-0.15, -0.1) is 11.3 Å². The van der Waals surface area contributed by atoms with Crippen molar-refractivity contribution in [2.75, 3.05) is 5.32 Å². The highest BCUT2D eigenvalue weighted by Gasteiger charge is 2.20. The van der Waals surface area contributed by atoms with Gasteiger partial charge in [-0.25, -0.2) is 9.97 Å². The molecule has 0 bridgehead atoms. The van der Waals surface area contributed by atoms with Crippen LogP contribution in [-0.4, -0.2) is 20.9 Å². The van der Waals surface area contributed by atoms with Gasteiger partial charge in [0.1, 0.15) is 11.4 Å². The molecule has 3 aromatic heterocycles. The fourth-order valence-electron chi connectivity index (χ4n) is 2.56. The van der Waals surface area contributed by atoms with Gasteiger partial charge in [-0.3, -0.25) is 15.1 Å². The number of nitrogens with one attached hydrogen (secondary N) is 1. The Balaban J connectivity index is 1.57. The third-order valence-corrected chi connectivity index (χ3v) is 4.56. The minimum atomic E-state index is -0.389. The Morgan fingerprint density at radius 3 is 2.73 bits per heavy atom. The number of thiazole rings is 1. The van der Waals surface area contributed by atoms with E-state index in [0.29, 0.717) is 10.8 Å². The van der Waals surface area contributed by atoms with Crippen molar-refractivity contribution in [3.63, 3.8) is 0 Å². The quantitative estimate of drug-likeness (QED) is 0.581. The van der Waals surface area contributed by atoms with Crippen LogP contribution < -0.4 is 5.32 Å². The summed E-state index contributed by atoms with van der Waals surface area (Å²) in [6.07, 6.45) is 2.99. The lowest BCUT2D eigenvalue weighted by atomic mass is 10.1. The molecule has 1 N–H and O–H groups in total. The zero-order valence-electron chi connectivity index (χ0n) is 13.8. The molecule has 0 spiro atoms. The molecule has 3 heterocycles. The molecule has 1 amide bonds. The molecular formula is C19H14N4O2S. The van der Waals surface area contributed by atoms with Gasteiger partial charge in [0, 0.05) is 17.1 Å². The van der Waals surface area contributed by atoms with Gasteiger partial charge in [-0.05, 0) is 18.6 Å². The number of carbonyl (C=O) groups excluding carboxylic acids is 1. The second-order valence-electron chi connectivity index (χ2n) is 5.56. The Bertz CT molecular complexity index is 1060. The number of amides is 1. The second kappa shape index (κ2) is 6.89. The van der Waals surface area contributed by atoms with Gasteiger partial charge in [0.25, 0.3) is 5.91 Å². The highest BCUT2D eigenvalue weighted by atomic mass is 32.1. The van der Waals surface area contributed by atoms with E-state index in [1.807, 2.05) is 54.8 Å². The van der Waals surface area contributed by atoms with Gasteiger partial charge in [0.2, 0.25) is 5.76 Å². The molecule has 0 radical (unpaired) electrons. The van der Waals surface area contributed by atoms with E-state index in [-0.39, 0.29) is 11.7 Å². The number of hydrogen-bond donors (Lipinski definition) is 1. The van der Waals surface area contributed by atoms with Crippen LogP contribution >= 0.6 is 11.3 Å². The molecule has 7 heteroatoms. The van der Waals surface area contributed by atoms with Gasteiger partial charge in [0.15, 0.2) is 11.5 Å². The van der Waals surface area contributed by atoms with Crippen LogP contribution in [0.2, 0.25) is 0 Å². The highest BCUT2D eigenvalue weighted by Crippen LogP contribution is 2.27. The lowest BCUT2D eigenvalue weighted by Crippen LogP contribution is -2.12. The maximum Gasteiger partial charge on any atom is 0.295 e. The summed E-state index contributed by atoms with van der Waals surface area (Å²) in [5.74, 6) is -0.234. The number of benzene rings is 1. The fraction of sp³-hybridized carbons (Fsp3) is 0.0526. The number of nitrogens with zero attached hydrogens (tertiary/aromatic N) is 3. The van der Waals surface area contributed by atoms with Crippen molar-refractivity contribution in [2.24, 2.45) is 0 Å². The minimum absolute atomic E-state index is 0.155. The second-order valence-corrected chi connectivity index (χ2v) is 6.42. The fourth-order valence-corrected chi connectivity index (χ4v) is 3.25. The van der Waals surface area contributed by atoms with Crippen LogP contribution in [0.15, 0.2) is 64.9 Å². The molecule has 128 valence electrons. The lowest BCUT2D eigenvalue weighted by Gasteiger charge is -2.02. The average molecular weight is 362 g/mol. The standard InChI is InChI=1S/C19H14N4O2S/c1-12-6-5-9-20-15(12)14-10-26-19(22-14)23-18(24)17-16(21-11-25-17)13-7-3-2-4-8-13/h2-11H,1H3,(H,22,23,24). The monoisotopic (exact) mass is 362 g/mol. The SMILES string of the molecule is Cc1cccnc1-c1csc(NC(=O)c2ocnc2-c2ccccc2)n1. The molecule has 6 nitrogen and oxygen atoms in total. The number of oxazole rings is 1. The van der Waals surface area contributed by atoms with Crippen molar-refractivity contribution >= 4 is 22.4 Å². The molecule has 0 aliphatic rings. The number of aromatic nitrogens is 3. The normalized spacial score (nSPS) is 10.7. The van der Waals surface area contributed by atoms with E-state index in [1.54, 1.807) is 6.20 Å². The molecule has 4 aromatic rings. The van der Waals surface area contributed by atoms with E-state index in [9.17, 15) is 4.79 Å². The third-order valence-electron chi connectivity index (χ3n) is 3.80. The summed E-state index contributed by atoms with van der Waals surface area (Å²) < 4.78 is 5.30. The Kier molecular flexibility index (Phi) is 4.28. The molecule has 0 atom stereocenters. The molecule has 0 saturated carbocycles. The van der Waals surface area contributed by atoms with Crippen LogP contribution in [-0.2, 0) is 0 Å². The van der Waals surface area contributed by atoms with Gasteiger partial charge >= 0.3 is 0 Å². The van der Waals surface area contributed by atoms with E-state index in [2.05, 4.69) is 20.3 Å². The number of hydrogen-bond acceptors (Lipinski definition) is 6. The number of carbonyl (C=O) groups is 1. The van der Waals surface area contributed by atoms with Crippen molar-refractivity contribution in [3.05, 3.63) is 71.8 Å². The van der Waals surface area contributed by atoms with Crippen LogP contribution in [0.5, 0.6) is 0 Å². The Labute approximate surface area is 153 Å². The summed E-state index contributed by atoms with van der Waals surface area (Å²) in [5, 5.41) is 5.11. The summed E-state index contributed by atoms with van der Waals surface area (Å²) >= 11 is 1.34. The smallest absolute Gasteiger partial charge is 0.295 e. The van der Waals surface area contributed by atoms with E-state index in [0.717, 1.165) is 22.5 Å². The van der Waals surface area contributed by atoms with Crippen LogP contribution in [0, 0.1) is 6.92 Å². The molecule has 0 aliphatic heterocycles. The Morgan fingerprint density at radius 1 is 1.08 bits per heavy atom. The number of aryl methyl sites for hydroxylation is 1. The van der Waals surface area contributed by atoms with Crippen molar-refractivity contribution < 1.29 is 9.21 Å². The minimum Gasteiger partial charge on any atom is -0.438 e. The van der Waals surface area contributed by atoms with Crippen molar-refractivity contribution in [1.29, 1.82) is 0 Å². The Morgan fingerprint density at radius 2 is 1.92 bits per heavy atom. The lowest BCUT2D eigenvalue weighted by molar-refractivity contribution is 0.0997. The topological polar surface area (TPSA) is 80.9 Å². The van der Waals surface area contributed by atoms with Crippen molar-refractivity contribution in [3.8, 4) is 22.6 Å². The van der Waals surface area contributed by atoms with Gasteiger partial charge in [-0.2, -0.15) is 0 Å². The molecule has 0 fully saturated rings. The van der Waals surface area contributed by atoms with Gasteiger partial charge in [-0.1, -0.05) is 36.4 Å². The summed E-state index contributed by atoms with van der Waals surface area (Å²) in [7, 11) is 0. The van der Waals surface area contributed by atoms with E-state index >= 15 is 0 Å². The van der Waals surface area contributed by atoms with E-state index in [1.165, 1.54) is 17.7 Å². The van der Waals surface area contributed by atoms with Crippen LogP contribution in [0.3, 0.4) is 0 Å². The molecule has 4 rings (SSSR count). The van der Waals surface area contributed by atoms with Crippen molar-refractivity contribution in [2.45, 2.75) is 6.92 Å². The number of rotatable bonds is 4. The summed E-state index contributed by atoms with van der Waals surface area (Å²) in [6, 6.07) is 13.3. The molecule has 1 aromatic carbocycles. The van der Waals surface area contributed by atoms with E-state index in [4.69, 9.17) is 4.42 Å². The number of anilines is 1. The largest absolute Gasteiger partial charge is 0.438 e. The van der Waals surface area contributed by atoms with Gasteiger partial charge in [0.05, 0.1) is 5.69 Å². The van der Waals surface area contributed by atoms with Crippen LogP contribution in [0.25, 0.3) is 22.6 Å². The van der Waals surface area contributed by atoms with Crippen molar-refractivity contribution in [1.82, 2.24) is 15.0 Å². The zero-order valence-corrected chi connectivity index (χ0v) is 14.7. The Hall–Kier alpha value is -3.32. The summed E-state index contributed by atoms with van der Waals surface area (Å²) in [5.41, 5.74) is 3.87. The molecule has 0 unspecified atom stereocenters. The molecular weight excluding hydrogens is 348 g/mol. The summed E-state index contributed by atoms with van der Waals surface area (Å²) in [4.78, 5) is 25.6. The molecule has 0 saturated heterocycles. The first-order valence-corrected chi connectivity index (χ1v) is 8.78. The van der Waals surface area contributed by atoms with Crippen LogP contribution in [0.4, 0.5) is 5.13 Å². The predicted octanol–water partition coefficient (Wildman–Crippen LogP) is 4.42. The first-order chi connectivity index (χ1) is 12.7. The predicted molar refractivity (Wildman–Crippen MR) is 100.0 cm³/mol. The first kappa shape index (κ1) is 16.2. The maximum atomic E-state index is 12.6. The molecule has 26 heavy (non-hydrogen) atoms. The highest BCUT2D eigenvalue weighted by molar-refractivity contribution is 7.14. The average Bonchev–Trinajstić information content (AvgIpc) is 3.32.